The predicted octanol–water partition coefficient (Wildman–Crippen LogP) is 6.20. The second-order valence-corrected chi connectivity index (χ2v) is 12.4. The molecule has 3 unspecified atom stereocenters. The van der Waals surface area contributed by atoms with Crippen LogP contribution in [-0.4, -0.2) is 44.0 Å². The van der Waals surface area contributed by atoms with Crippen LogP contribution in [0.15, 0.2) is 91.1 Å². The Labute approximate surface area is 261 Å². The number of aromatic nitrogens is 1. The monoisotopic (exact) mass is 597 g/mol. The van der Waals surface area contributed by atoms with Crippen molar-refractivity contribution in [2.24, 2.45) is 7.05 Å². The summed E-state index contributed by atoms with van der Waals surface area (Å²) in [6.07, 6.45) is 2.66. The molecule has 0 saturated carbocycles. The molecule has 1 saturated heterocycles. The molecule has 0 amide bonds. The van der Waals surface area contributed by atoms with E-state index >= 15 is 0 Å². The van der Waals surface area contributed by atoms with Crippen molar-refractivity contribution in [3.05, 3.63) is 108 Å². The number of nitrogens with one attached hydrogen (secondary N) is 1. The lowest BCUT2D eigenvalue weighted by Gasteiger charge is -2.35. The summed E-state index contributed by atoms with van der Waals surface area (Å²) in [6.45, 7) is 9.03. The quantitative estimate of drug-likeness (QED) is 0.119. The molecule has 44 heavy (non-hydrogen) atoms. The Morgan fingerprint density at radius 2 is 1.77 bits per heavy atom. The maximum atomic E-state index is 13.6. The highest BCUT2D eigenvalue weighted by atomic mass is 16.6. The van der Waals surface area contributed by atoms with Crippen LogP contribution in [0.2, 0.25) is 0 Å². The average molecular weight is 598 g/mol. The van der Waals surface area contributed by atoms with Gasteiger partial charge < -0.3 is 24.3 Å². The molecule has 3 aromatic carbocycles. The van der Waals surface area contributed by atoms with Crippen LogP contribution < -0.4 is 14.6 Å². The summed E-state index contributed by atoms with van der Waals surface area (Å²) in [5, 5.41) is 4.56. The summed E-state index contributed by atoms with van der Waals surface area (Å²) in [7, 11) is 2.00. The Morgan fingerprint density at radius 3 is 2.55 bits per heavy atom. The van der Waals surface area contributed by atoms with Crippen molar-refractivity contribution in [1.82, 2.24) is 5.32 Å². The zero-order chi connectivity index (χ0) is 30.9. The van der Waals surface area contributed by atoms with Crippen LogP contribution in [0, 0.1) is 0 Å². The van der Waals surface area contributed by atoms with Crippen LogP contribution in [0.25, 0.3) is 10.9 Å². The Hall–Kier alpha value is -3.78. The van der Waals surface area contributed by atoms with Gasteiger partial charge >= 0.3 is 5.97 Å². The highest BCUT2D eigenvalue weighted by Gasteiger charge is 2.35. The molecule has 2 heterocycles. The highest BCUT2D eigenvalue weighted by molar-refractivity contribution is 5.81. The molecule has 1 N–H and O–H groups in total. The number of esters is 1. The molecule has 0 aliphatic carbocycles. The molecule has 1 aliphatic rings. The number of benzene rings is 3. The molecule has 1 fully saturated rings. The van der Waals surface area contributed by atoms with Crippen LogP contribution >= 0.6 is 0 Å². The Morgan fingerprint density at radius 1 is 0.977 bits per heavy atom. The van der Waals surface area contributed by atoms with Gasteiger partial charge in [0.15, 0.2) is 12.3 Å². The van der Waals surface area contributed by atoms with Gasteiger partial charge in [0.2, 0.25) is 5.52 Å². The molecule has 0 radical (unpaired) electrons. The molecule has 7 heteroatoms. The fourth-order valence-corrected chi connectivity index (χ4v) is 5.61. The molecule has 4 aromatic rings. The van der Waals surface area contributed by atoms with E-state index in [9.17, 15) is 4.79 Å². The summed E-state index contributed by atoms with van der Waals surface area (Å²) >= 11 is 0. The van der Waals surface area contributed by atoms with Gasteiger partial charge in [-0.1, -0.05) is 48.5 Å². The summed E-state index contributed by atoms with van der Waals surface area (Å²) in [6, 6.07) is 28.6. The maximum absolute atomic E-state index is 13.6. The van der Waals surface area contributed by atoms with Crippen molar-refractivity contribution in [3.8, 4) is 5.75 Å². The second kappa shape index (κ2) is 14.8. The lowest BCUT2D eigenvalue weighted by molar-refractivity contribution is -0.644. The van der Waals surface area contributed by atoms with E-state index in [-0.39, 0.29) is 18.0 Å². The number of ether oxygens (including phenoxy) is 4. The van der Waals surface area contributed by atoms with Crippen LogP contribution in [0.3, 0.4) is 0 Å². The summed E-state index contributed by atoms with van der Waals surface area (Å²) < 4.78 is 26.4. The Bertz CT molecular complexity index is 1500. The van der Waals surface area contributed by atoms with Gasteiger partial charge in [0.05, 0.1) is 25.9 Å². The number of hydrogen-bond donors (Lipinski definition) is 1. The molecule has 0 bridgehead atoms. The third kappa shape index (κ3) is 8.65. The van der Waals surface area contributed by atoms with E-state index in [1.165, 1.54) is 11.1 Å². The highest BCUT2D eigenvalue weighted by Crippen LogP contribution is 2.34. The lowest BCUT2D eigenvalue weighted by atomic mass is 9.87. The third-order valence-corrected chi connectivity index (χ3v) is 7.80. The van der Waals surface area contributed by atoms with Crippen molar-refractivity contribution in [2.75, 3.05) is 26.3 Å². The second-order valence-electron chi connectivity index (χ2n) is 12.4. The molecule has 1 aliphatic heterocycles. The first-order valence-electron chi connectivity index (χ1n) is 15.6. The van der Waals surface area contributed by atoms with Gasteiger partial charge in [0.1, 0.15) is 18.4 Å². The van der Waals surface area contributed by atoms with E-state index < -0.39 is 11.7 Å². The number of pyridine rings is 1. The number of nitrogens with zero attached hydrogens (tertiary/aromatic N) is 1. The molecule has 7 nitrogen and oxygen atoms in total. The number of carbonyl (C=O) groups excluding carboxylic acids is 1. The largest absolute Gasteiger partial charge is 0.494 e. The number of piperidine rings is 1. The Balaban J connectivity index is 1.24. The van der Waals surface area contributed by atoms with Gasteiger partial charge in [0, 0.05) is 36.4 Å². The molecular weight excluding hydrogens is 552 g/mol. The molecule has 0 spiro atoms. The van der Waals surface area contributed by atoms with Crippen LogP contribution in [0.5, 0.6) is 5.75 Å². The standard InChI is InChI=1S/C37H45N2O5/c1-37(2,3)44-36(40)35(30-14-13-29-12-8-21-39(4)33(29)24-30)43-34-25-38-20-19-32(34)28-15-17-31(18-16-28)42-23-9-22-41-26-27-10-6-5-7-11-27/h5-8,10-18,21,24,32,34-35,38H,9,19-20,22-23,25-26H2,1-4H3/q+1. The smallest absolute Gasteiger partial charge is 0.340 e. The predicted molar refractivity (Wildman–Crippen MR) is 171 cm³/mol. The van der Waals surface area contributed by atoms with Crippen LogP contribution in [0.4, 0.5) is 0 Å². The third-order valence-electron chi connectivity index (χ3n) is 7.80. The van der Waals surface area contributed by atoms with E-state index in [2.05, 4.69) is 40.2 Å². The number of fused-ring (bicyclic) bond motifs is 1. The topological polar surface area (TPSA) is 69.9 Å². The number of rotatable bonds is 12. The summed E-state index contributed by atoms with van der Waals surface area (Å²) in [5.41, 5.74) is 3.53. The normalized spacial score (nSPS) is 17.7. The van der Waals surface area contributed by atoms with Gasteiger partial charge in [-0.15, -0.1) is 0 Å². The van der Waals surface area contributed by atoms with E-state index in [4.69, 9.17) is 18.9 Å². The van der Waals surface area contributed by atoms with Crippen molar-refractivity contribution in [3.63, 3.8) is 0 Å². The van der Waals surface area contributed by atoms with Gasteiger partial charge in [0.25, 0.3) is 0 Å². The zero-order valence-electron chi connectivity index (χ0n) is 26.3. The molecule has 5 rings (SSSR count). The fourth-order valence-electron chi connectivity index (χ4n) is 5.61. The zero-order valence-corrected chi connectivity index (χ0v) is 26.3. The Kier molecular flexibility index (Phi) is 10.6. The van der Waals surface area contributed by atoms with Gasteiger partial charge in [-0.25, -0.2) is 9.36 Å². The molecule has 232 valence electrons. The van der Waals surface area contributed by atoms with Crippen molar-refractivity contribution in [2.45, 2.75) is 63.9 Å². The minimum atomic E-state index is -0.849. The summed E-state index contributed by atoms with van der Waals surface area (Å²) in [5.74, 6) is 0.577. The molecular formula is C37H45N2O5+. The minimum Gasteiger partial charge on any atom is -0.494 e. The van der Waals surface area contributed by atoms with Gasteiger partial charge in [-0.2, -0.15) is 0 Å². The van der Waals surface area contributed by atoms with Crippen molar-refractivity contribution < 1.29 is 28.3 Å². The molecule has 3 atom stereocenters. The maximum Gasteiger partial charge on any atom is 0.340 e. The SMILES string of the molecule is C[n+]1cccc2ccc(C(OC3CNCCC3c3ccc(OCCCOCc4ccccc4)cc3)C(=O)OC(C)(C)C)cc21. The minimum absolute atomic E-state index is 0.123. The van der Waals surface area contributed by atoms with Gasteiger partial charge in [-0.3, -0.25) is 0 Å². The van der Waals surface area contributed by atoms with E-state index in [0.717, 1.165) is 41.6 Å². The number of carbonyl (C=O) groups is 1. The van der Waals surface area contributed by atoms with E-state index in [1.54, 1.807) is 0 Å². The first-order valence-corrected chi connectivity index (χ1v) is 15.6. The lowest BCUT2D eigenvalue weighted by Crippen LogP contribution is -2.43. The fraction of sp³-hybridized carbons (Fsp3) is 0.405. The first-order chi connectivity index (χ1) is 21.3. The summed E-state index contributed by atoms with van der Waals surface area (Å²) in [4.78, 5) is 13.6. The van der Waals surface area contributed by atoms with Crippen LogP contribution in [0.1, 0.15) is 62.3 Å². The van der Waals surface area contributed by atoms with Crippen molar-refractivity contribution in [1.29, 1.82) is 0 Å². The van der Waals surface area contributed by atoms with E-state index in [1.807, 2.05) is 88.6 Å². The van der Waals surface area contributed by atoms with Gasteiger partial charge in [-0.05, 0) is 74.7 Å². The van der Waals surface area contributed by atoms with Crippen LogP contribution in [-0.2, 0) is 32.7 Å². The van der Waals surface area contributed by atoms with Crippen molar-refractivity contribution >= 4 is 16.9 Å². The first kappa shape index (κ1) is 31.6. The number of aryl methyl sites for hydroxylation is 1. The van der Waals surface area contributed by atoms with E-state index in [0.29, 0.717) is 26.4 Å². The number of hydrogen-bond acceptors (Lipinski definition) is 6. The molecule has 1 aromatic heterocycles. The average Bonchev–Trinajstić information content (AvgIpc) is 3.02.